The molecule has 0 aliphatic rings. The predicted octanol–water partition coefficient (Wildman–Crippen LogP) is 2.59. The molecule has 0 bridgehead atoms. The minimum absolute atomic E-state index is 0.313. The molecule has 1 N–H and O–H groups in total. The molecule has 0 fully saturated rings. The third-order valence-corrected chi connectivity index (χ3v) is 5.61. The Morgan fingerprint density at radius 1 is 1.30 bits per heavy atom. The number of nitrogens with one attached hydrogen (secondary N) is 1. The normalized spacial score (nSPS) is 13.7. The number of nitrogens with zero attached hydrogens (tertiary/aromatic N) is 1. The van der Waals surface area contributed by atoms with E-state index in [0.29, 0.717) is 24.0 Å². The minimum Gasteiger partial charge on any atom is -0.302 e. The van der Waals surface area contributed by atoms with Gasteiger partial charge in [0.2, 0.25) is 10.0 Å². The molecule has 1 unspecified atom stereocenters. The van der Waals surface area contributed by atoms with Crippen LogP contribution in [0.2, 0.25) is 0 Å². The Morgan fingerprint density at radius 3 is 2.40 bits per heavy atom. The molecular formula is C14H23BrN2O2S. The highest BCUT2D eigenvalue weighted by atomic mass is 79.9. The monoisotopic (exact) mass is 362 g/mol. The summed E-state index contributed by atoms with van der Waals surface area (Å²) in [5, 5.41) is 0.723. The molecule has 114 valence electrons. The lowest BCUT2D eigenvalue weighted by Gasteiger charge is -2.23. The largest absolute Gasteiger partial charge is 0.302 e. The summed E-state index contributed by atoms with van der Waals surface area (Å²) in [6, 6.07) is 7.36. The van der Waals surface area contributed by atoms with Gasteiger partial charge in [0, 0.05) is 24.5 Å². The average Bonchev–Trinajstić information content (AvgIpc) is 2.46. The van der Waals surface area contributed by atoms with E-state index in [-0.39, 0.29) is 0 Å². The van der Waals surface area contributed by atoms with E-state index in [0.717, 1.165) is 17.3 Å². The Bertz CT molecular complexity index is 502. The fraction of sp³-hybridized carbons (Fsp3) is 0.571. The van der Waals surface area contributed by atoms with Crippen LogP contribution in [0.15, 0.2) is 29.2 Å². The van der Waals surface area contributed by atoms with Gasteiger partial charge in [0.1, 0.15) is 0 Å². The summed E-state index contributed by atoms with van der Waals surface area (Å²) in [6.07, 6.45) is 1.05. The molecule has 4 nitrogen and oxygen atoms in total. The predicted molar refractivity (Wildman–Crippen MR) is 86.6 cm³/mol. The molecule has 0 radical (unpaired) electrons. The van der Waals surface area contributed by atoms with Gasteiger partial charge < -0.3 is 4.90 Å². The van der Waals surface area contributed by atoms with E-state index in [9.17, 15) is 8.42 Å². The Kier molecular flexibility index (Phi) is 7.15. The first-order valence-electron chi connectivity index (χ1n) is 6.75. The summed E-state index contributed by atoms with van der Waals surface area (Å²) < 4.78 is 26.9. The number of alkyl halides is 1. The highest BCUT2D eigenvalue weighted by molar-refractivity contribution is 9.08. The van der Waals surface area contributed by atoms with Gasteiger partial charge in [-0.1, -0.05) is 35.0 Å². The zero-order chi connectivity index (χ0) is 15.2. The lowest BCUT2D eigenvalue weighted by atomic mass is 10.2. The summed E-state index contributed by atoms with van der Waals surface area (Å²) >= 11 is 3.34. The Balaban J connectivity index is 2.57. The summed E-state index contributed by atoms with van der Waals surface area (Å²) in [7, 11) is -1.40. The van der Waals surface area contributed by atoms with E-state index in [4.69, 9.17) is 0 Å². The summed E-state index contributed by atoms with van der Waals surface area (Å²) in [5.74, 6) is 0. The van der Waals surface area contributed by atoms with E-state index >= 15 is 0 Å². The van der Waals surface area contributed by atoms with Crippen LogP contribution < -0.4 is 4.72 Å². The Hall–Kier alpha value is -0.430. The molecule has 1 aromatic rings. The maximum atomic E-state index is 12.1. The molecule has 0 aliphatic carbocycles. The summed E-state index contributed by atoms with van der Waals surface area (Å²) in [6.45, 7) is 5.38. The molecule has 0 spiro atoms. The van der Waals surface area contributed by atoms with Crippen LogP contribution in [0.5, 0.6) is 0 Å². The molecule has 0 saturated heterocycles. The van der Waals surface area contributed by atoms with Gasteiger partial charge in [-0.25, -0.2) is 13.1 Å². The molecule has 1 atom stereocenters. The van der Waals surface area contributed by atoms with Crippen LogP contribution in [-0.2, 0) is 15.4 Å². The molecule has 0 aromatic heterocycles. The molecular weight excluding hydrogens is 340 g/mol. The molecule has 0 saturated carbocycles. The topological polar surface area (TPSA) is 49.4 Å². The SMILES string of the molecule is CCC(C)N(C)CCNS(=O)(=O)c1ccc(CBr)cc1. The molecule has 1 rings (SSSR count). The fourth-order valence-corrected chi connectivity index (χ4v) is 3.12. The number of benzene rings is 1. The van der Waals surface area contributed by atoms with Gasteiger partial charge >= 0.3 is 0 Å². The van der Waals surface area contributed by atoms with Gasteiger partial charge in [0.15, 0.2) is 0 Å². The van der Waals surface area contributed by atoms with Crippen LogP contribution in [0, 0.1) is 0 Å². The first-order chi connectivity index (χ1) is 9.40. The van der Waals surface area contributed by atoms with Crippen LogP contribution in [0.1, 0.15) is 25.8 Å². The van der Waals surface area contributed by atoms with Crippen molar-refractivity contribution in [1.29, 1.82) is 0 Å². The minimum atomic E-state index is -3.41. The second-order valence-corrected chi connectivity index (χ2v) is 7.24. The first kappa shape index (κ1) is 17.6. The van der Waals surface area contributed by atoms with Crippen molar-refractivity contribution in [1.82, 2.24) is 9.62 Å². The first-order valence-corrected chi connectivity index (χ1v) is 9.36. The number of hydrogen-bond donors (Lipinski definition) is 1. The van der Waals surface area contributed by atoms with E-state index in [1.165, 1.54) is 0 Å². The maximum Gasteiger partial charge on any atom is 0.240 e. The number of rotatable bonds is 8. The smallest absolute Gasteiger partial charge is 0.240 e. The van der Waals surface area contributed by atoms with Crippen LogP contribution >= 0.6 is 15.9 Å². The quantitative estimate of drug-likeness (QED) is 0.723. The van der Waals surface area contributed by atoms with Crippen molar-refractivity contribution in [3.63, 3.8) is 0 Å². The van der Waals surface area contributed by atoms with Crippen LogP contribution in [-0.4, -0.2) is 39.5 Å². The second-order valence-electron chi connectivity index (χ2n) is 4.91. The fourth-order valence-electron chi connectivity index (χ4n) is 1.73. The molecule has 0 aliphatic heterocycles. The van der Waals surface area contributed by atoms with Crippen molar-refractivity contribution < 1.29 is 8.42 Å². The lowest BCUT2D eigenvalue weighted by molar-refractivity contribution is 0.256. The van der Waals surface area contributed by atoms with Crippen molar-refractivity contribution in [3.8, 4) is 0 Å². The molecule has 1 aromatic carbocycles. The average molecular weight is 363 g/mol. The van der Waals surface area contributed by atoms with Gasteiger partial charge in [-0.3, -0.25) is 0 Å². The summed E-state index contributed by atoms with van der Waals surface area (Å²) in [5.41, 5.74) is 1.06. The molecule has 0 heterocycles. The van der Waals surface area contributed by atoms with E-state index < -0.39 is 10.0 Å². The Morgan fingerprint density at radius 2 is 1.90 bits per heavy atom. The van der Waals surface area contributed by atoms with E-state index in [2.05, 4.69) is 39.4 Å². The van der Waals surface area contributed by atoms with E-state index in [1.54, 1.807) is 12.1 Å². The van der Waals surface area contributed by atoms with E-state index in [1.807, 2.05) is 19.2 Å². The van der Waals surface area contributed by atoms with Gasteiger partial charge in [-0.15, -0.1) is 0 Å². The van der Waals surface area contributed by atoms with Crippen LogP contribution in [0.3, 0.4) is 0 Å². The lowest BCUT2D eigenvalue weighted by Crippen LogP contribution is -2.37. The van der Waals surface area contributed by atoms with Gasteiger partial charge in [0.25, 0.3) is 0 Å². The van der Waals surface area contributed by atoms with Gasteiger partial charge in [-0.2, -0.15) is 0 Å². The molecule has 6 heteroatoms. The third kappa shape index (κ3) is 5.16. The highest BCUT2D eigenvalue weighted by Crippen LogP contribution is 2.12. The molecule has 0 amide bonds. The van der Waals surface area contributed by atoms with Crippen molar-refractivity contribution >= 4 is 26.0 Å². The number of likely N-dealkylation sites (N-methyl/N-ethyl adjacent to an activating group) is 1. The maximum absolute atomic E-state index is 12.1. The number of halogens is 1. The standard InChI is InChI=1S/C14H23BrN2O2S/c1-4-12(2)17(3)10-9-16-20(18,19)14-7-5-13(11-15)6-8-14/h5-8,12,16H,4,9-11H2,1-3H3. The zero-order valence-corrected chi connectivity index (χ0v) is 14.7. The molecule has 20 heavy (non-hydrogen) atoms. The Labute approximate surface area is 130 Å². The van der Waals surface area contributed by atoms with Crippen molar-refractivity contribution in [2.24, 2.45) is 0 Å². The zero-order valence-electron chi connectivity index (χ0n) is 12.3. The summed E-state index contributed by atoms with van der Waals surface area (Å²) in [4.78, 5) is 2.46. The van der Waals surface area contributed by atoms with Crippen LogP contribution in [0.25, 0.3) is 0 Å². The number of sulfonamides is 1. The number of hydrogen-bond acceptors (Lipinski definition) is 3. The van der Waals surface area contributed by atoms with Gasteiger partial charge in [-0.05, 0) is 38.1 Å². The highest BCUT2D eigenvalue weighted by Gasteiger charge is 2.14. The van der Waals surface area contributed by atoms with Crippen LogP contribution in [0.4, 0.5) is 0 Å². The van der Waals surface area contributed by atoms with Crippen molar-refractivity contribution in [3.05, 3.63) is 29.8 Å². The van der Waals surface area contributed by atoms with Crippen molar-refractivity contribution in [2.75, 3.05) is 20.1 Å². The van der Waals surface area contributed by atoms with Gasteiger partial charge in [0.05, 0.1) is 4.90 Å². The third-order valence-electron chi connectivity index (χ3n) is 3.49. The van der Waals surface area contributed by atoms with Crippen molar-refractivity contribution in [2.45, 2.75) is 36.5 Å². The second kappa shape index (κ2) is 8.12.